The van der Waals surface area contributed by atoms with Gasteiger partial charge in [0, 0.05) is 12.2 Å². The minimum atomic E-state index is -0.292. The van der Waals surface area contributed by atoms with Crippen molar-refractivity contribution >= 4 is 28.8 Å². The summed E-state index contributed by atoms with van der Waals surface area (Å²) in [5.74, 6) is -0.574. The van der Waals surface area contributed by atoms with Crippen molar-refractivity contribution in [2.75, 3.05) is 16.3 Å². The molecule has 0 radical (unpaired) electrons. The van der Waals surface area contributed by atoms with E-state index in [0.29, 0.717) is 23.5 Å². The standard InChI is InChI=1S/C27H26N2O2/c1-5-28(21-12-7-6-8-13-21)25-24(22-16-15-18(2)17-20(22)4)26(30)29(27(25)31)23-14-10-9-11-19(23)3/h6-17H,5H2,1-4H3. The Balaban J connectivity index is 1.96. The van der Waals surface area contributed by atoms with E-state index in [1.807, 2.05) is 105 Å². The van der Waals surface area contributed by atoms with Gasteiger partial charge >= 0.3 is 0 Å². The second-order valence-electron chi connectivity index (χ2n) is 7.85. The van der Waals surface area contributed by atoms with Crippen molar-refractivity contribution in [2.24, 2.45) is 0 Å². The normalized spacial score (nSPS) is 13.9. The van der Waals surface area contributed by atoms with Gasteiger partial charge in [-0.25, -0.2) is 4.90 Å². The van der Waals surface area contributed by atoms with E-state index in [9.17, 15) is 9.59 Å². The Morgan fingerprint density at radius 3 is 2.10 bits per heavy atom. The Hall–Kier alpha value is -3.66. The van der Waals surface area contributed by atoms with E-state index < -0.39 is 0 Å². The lowest BCUT2D eigenvalue weighted by molar-refractivity contribution is -0.120. The second kappa shape index (κ2) is 8.23. The van der Waals surface area contributed by atoms with Gasteiger partial charge in [0.25, 0.3) is 11.8 Å². The Kier molecular flexibility index (Phi) is 5.47. The number of carbonyl (C=O) groups is 2. The van der Waals surface area contributed by atoms with Gasteiger partial charge < -0.3 is 4.90 Å². The quantitative estimate of drug-likeness (QED) is 0.527. The van der Waals surface area contributed by atoms with Crippen LogP contribution < -0.4 is 9.80 Å². The first-order chi connectivity index (χ1) is 14.9. The number of nitrogens with zero attached hydrogens (tertiary/aromatic N) is 2. The highest BCUT2D eigenvalue weighted by Crippen LogP contribution is 2.38. The summed E-state index contributed by atoms with van der Waals surface area (Å²) in [6.45, 7) is 8.48. The number of amides is 2. The second-order valence-corrected chi connectivity index (χ2v) is 7.85. The van der Waals surface area contributed by atoms with Crippen LogP contribution in [-0.2, 0) is 9.59 Å². The van der Waals surface area contributed by atoms with Crippen LogP contribution in [0.15, 0.2) is 78.5 Å². The van der Waals surface area contributed by atoms with E-state index in [2.05, 4.69) is 0 Å². The van der Waals surface area contributed by atoms with E-state index in [4.69, 9.17) is 0 Å². The molecule has 1 heterocycles. The van der Waals surface area contributed by atoms with E-state index in [1.165, 1.54) is 4.90 Å². The van der Waals surface area contributed by atoms with Gasteiger partial charge in [0.05, 0.1) is 11.3 Å². The molecule has 1 aliphatic heterocycles. The zero-order chi connectivity index (χ0) is 22.1. The summed E-state index contributed by atoms with van der Waals surface area (Å²) in [5.41, 5.74) is 6.16. The van der Waals surface area contributed by atoms with Crippen LogP contribution in [0, 0.1) is 20.8 Å². The van der Waals surface area contributed by atoms with Gasteiger partial charge in [-0.3, -0.25) is 9.59 Å². The molecule has 0 bridgehead atoms. The fourth-order valence-electron chi connectivity index (χ4n) is 4.22. The third-order valence-corrected chi connectivity index (χ3v) is 5.72. The molecular weight excluding hydrogens is 384 g/mol. The van der Waals surface area contributed by atoms with Crippen molar-refractivity contribution in [3.63, 3.8) is 0 Å². The summed E-state index contributed by atoms with van der Waals surface area (Å²) in [4.78, 5) is 30.9. The molecule has 3 aromatic carbocycles. The first-order valence-corrected chi connectivity index (χ1v) is 10.5. The summed E-state index contributed by atoms with van der Waals surface area (Å²) >= 11 is 0. The molecule has 0 aromatic heterocycles. The van der Waals surface area contributed by atoms with Crippen LogP contribution in [0.25, 0.3) is 5.57 Å². The molecule has 3 aromatic rings. The maximum absolute atomic E-state index is 13.8. The average Bonchev–Trinajstić information content (AvgIpc) is 3.00. The molecule has 2 amide bonds. The lowest BCUT2D eigenvalue weighted by atomic mass is 9.97. The molecule has 0 N–H and O–H groups in total. The Labute approximate surface area is 183 Å². The van der Waals surface area contributed by atoms with Crippen molar-refractivity contribution < 1.29 is 9.59 Å². The molecule has 4 nitrogen and oxygen atoms in total. The predicted molar refractivity (Wildman–Crippen MR) is 126 cm³/mol. The van der Waals surface area contributed by atoms with Crippen LogP contribution in [0.3, 0.4) is 0 Å². The fourth-order valence-corrected chi connectivity index (χ4v) is 4.22. The van der Waals surface area contributed by atoms with Crippen molar-refractivity contribution in [2.45, 2.75) is 27.7 Å². The van der Waals surface area contributed by atoms with Crippen molar-refractivity contribution in [1.29, 1.82) is 0 Å². The SMILES string of the molecule is CCN(C1=C(c2ccc(C)cc2C)C(=O)N(c2ccccc2C)C1=O)c1ccccc1. The smallest absolute Gasteiger partial charge is 0.282 e. The highest BCUT2D eigenvalue weighted by Gasteiger charge is 2.43. The minimum Gasteiger partial charge on any atom is -0.337 e. The maximum Gasteiger partial charge on any atom is 0.282 e. The van der Waals surface area contributed by atoms with E-state index >= 15 is 0 Å². The number of benzene rings is 3. The Morgan fingerprint density at radius 2 is 1.45 bits per heavy atom. The zero-order valence-electron chi connectivity index (χ0n) is 18.3. The summed E-state index contributed by atoms with van der Waals surface area (Å²) in [7, 11) is 0. The number of anilines is 2. The third kappa shape index (κ3) is 3.55. The number of para-hydroxylation sites is 2. The van der Waals surface area contributed by atoms with Gasteiger partial charge in [-0.15, -0.1) is 0 Å². The van der Waals surface area contributed by atoms with Crippen molar-refractivity contribution in [1.82, 2.24) is 0 Å². The molecule has 4 rings (SSSR count). The first-order valence-electron chi connectivity index (χ1n) is 10.5. The predicted octanol–water partition coefficient (Wildman–Crippen LogP) is 5.42. The number of imide groups is 1. The zero-order valence-corrected chi connectivity index (χ0v) is 18.3. The topological polar surface area (TPSA) is 40.6 Å². The molecule has 0 saturated carbocycles. The number of hydrogen-bond acceptors (Lipinski definition) is 3. The Morgan fingerprint density at radius 1 is 0.774 bits per heavy atom. The highest BCUT2D eigenvalue weighted by molar-refractivity contribution is 6.46. The van der Waals surface area contributed by atoms with Crippen LogP contribution >= 0.6 is 0 Å². The maximum atomic E-state index is 13.8. The lowest BCUT2D eigenvalue weighted by Gasteiger charge is -2.25. The Bertz CT molecular complexity index is 1190. The first kappa shape index (κ1) is 20.6. The molecular formula is C27H26N2O2. The fraction of sp³-hybridized carbons (Fsp3) is 0.185. The van der Waals surface area contributed by atoms with Crippen LogP contribution in [0.4, 0.5) is 11.4 Å². The average molecular weight is 411 g/mol. The molecule has 0 atom stereocenters. The molecule has 1 aliphatic rings. The summed E-state index contributed by atoms with van der Waals surface area (Å²) in [6, 6.07) is 23.2. The largest absolute Gasteiger partial charge is 0.337 e. The molecule has 0 unspecified atom stereocenters. The minimum absolute atomic E-state index is 0.282. The molecule has 0 fully saturated rings. The molecule has 4 heteroatoms. The van der Waals surface area contributed by atoms with Crippen LogP contribution in [-0.4, -0.2) is 18.4 Å². The van der Waals surface area contributed by atoms with E-state index in [1.54, 1.807) is 0 Å². The van der Waals surface area contributed by atoms with Gasteiger partial charge in [0.2, 0.25) is 0 Å². The van der Waals surface area contributed by atoms with Crippen molar-refractivity contribution in [3.05, 3.63) is 101 Å². The summed E-state index contributed by atoms with van der Waals surface area (Å²) in [6.07, 6.45) is 0. The molecule has 0 aliphatic carbocycles. The van der Waals surface area contributed by atoms with E-state index in [-0.39, 0.29) is 11.8 Å². The van der Waals surface area contributed by atoms with Gasteiger partial charge in [-0.2, -0.15) is 0 Å². The van der Waals surface area contributed by atoms with Crippen LogP contribution in [0.2, 0.25) is 0 Å². The van der Waals surface area contributed by atoms with Gasteiger partial charge in [-0.05, 0) is 62.6 Å². The van der Waals surface area contributed by atoms with Crippen LogP contribution in [0.5, 0.6) is 0 Å². The number of rotatable bonds is 5. The number of aryl methyl sites for hydroxylation is 3. The number of hydrogen-bond donors (Lipinski definition) is 0. The van der Waals surface area contributed by atoms with Crippen LogP contribution in [0.1, 0.15) is 29.2 Å². The molecule has 31 heavy (non-hydrogen) atoms. The third-order valence-electron chi connectivity index (χ3n) is 5.72. The molecule has 0 saturated heterocycles. The molecule has 0 spiro atoms. The van der Waals surface area contributed by atoms with Gasteiger partial charge in [0.15, 0.2) is 0 Å². The van der Waals surface area contributed by atoms with Gasteiger partial charge in [0.1, 0.15) is 5.70 Å². The number of likely N-dealkylation sites (N-methyl/N-ethyl adjacent to an activating group) is 1. The molecule has 156 valence electrons. The van der Waals surface area contributed by atoms with E-state index in [0.717, 1.165) is 27.9 Å². The van der Waals surface area contributed by atoms with Crippen molar-refractivity contribution in [3.8, 4) is 0 Å². The summed E-state index contributed by atoms with van der Waals surface area (Å²) in [5, 5.41) is 0. The number of carbonyl (C=O) groups excluding carboxylic acids is 2. The van der Waals surface area contributed by atoms with Gasteiger partial charge in [-0.1, -0.05) is 60.2 Å². The highest BCUT2D eigenvalue weighted by atomic mass is 16.2. The summed E-state index contributed by atoms with van der Waals surface area (Å²) < 4.78 is 0. The monoisotopic (exact) mass is 410 g/mol. The lowest BCUT2D eigenvalue weighted by Crippen LogP contribution is -2.35.